The first-order valence-electron chi connectivity index (χ1n) is 10.5. The van der Waals surface area contributed by atoms with Crippen molar-refractivity contribution in [3.63, 3.8) is 0 Å². The number of halogens is 1. The third-order valence-electron chi connectivity index (χ3n) is 5.70. The second-order valence-corrected chi connectivity index (χ2v) is 9.74. The molecule has 0 fully saturated rings. The summed E-state index contributed by atoms with van der Waals surface area (Å²) in [4.78, 5) is 17.6. The lowest BCUT2D eigenvalue weighted by molar-refractivity contribution is -0.659. The first kappa shape index (κ1) is 21.7. The molecular weight excluding hydrogens is 455 g/mol. The third kappa shape index (κ3) is 3.69. The standard InChI is InChI=1S/C25H19FN4O3S/c26-18-9-11-19(12-10-18)34(32,33)21-16-20-24(28-22-8-4-5-14-29(22)25(20)31)30(23(21)27)15-13-17-6-2-1-3-7-17/h1-12,14,16,27H,13,15H2/p+1. The smallest absolute Gasteiger partial charge is 0.278 e. The minimum Gasteiger partial charge on any atom is -0.317 e. The highest BCUT2D eigenvalue weighted by molar-refractivity contribution is 7.91. The molecule has 5 aromatic rings. The summed E-state index contributed by atoms with van der Waals surface area (Å²) in [5.41, 5.74) is 7.74. The van der Waals surface area contributed by atoms with Gasteiger partial charge in [-0.25, -0.2) is 17.4 Å². The summed E-state index contributed by atoms with van der Waals surface area (Å²) >= 11 is 0. The Kier molecular flexibility index (Phi) is 5.33. The van der Waals surface area contributed by atoms with E-state index in [-0.39, 0.29) is 21.0 Å². The van der Waals surface area contributed by atoms with Crippen LogP contribution in [0.3, 0.4) is 0 Å². The largest absolute Gasteiger partial charge is 0.317 e. The van der Waals surface area contributed by atoms with Gasteiger partial charge >= 0.3 is 0 Å². The van der Waals surface area contributed by atoms with Crippen LogP contribution in [-0.2, 0) is 22.8 Å². The number of nitrogens with two attached hydrogens (primary N) is 1. The molecule has 0 saturated heterocycles. The summed E-state index contributed by atoms with van der Waals surface area (Å²) < 4.78 is 43.3. The zero-order valence-electron chi connectivity index (χ0n) is 17.9. The number of nitrogen functional groups attached to an aromatic ring is 1. The maximum absolute atomic E-state index is 13.5. The first-order chi connectivity index (χ1) is 16.4. The Morgan fingerprint density at radius 1 is 0.971 bits per heavy atom. The van der Waals surface area contributed by atoms with Crippen molar-refractivity contribution in [2.45, 2.75) is 22.8 Å². The number of aromatic nitrogens is 3. The van der Waals surface area contributed by atoms with Gasteiger partial charge in [-0.1, -0.05) is 41.4 Å². The maximum atomic E-state index is 13.5. The number of pyridine rings is 2. The summed E-state index contributed by atoms with van der Waals surface area (Å²) in [7, 11) is -4.14. The van der Waals surface area contributed by atoms with Crippen molar-refractivity contribution < 1.29 is 17.4 Å². The van der Waals surface area contributed by atoms with Gasteiger partial charge in [0.15, 0.2) is 0 Å². The number of sulfone groups is 1. The first-order valence-corrected chi connectivity index (χ1v) is 12.0. The molecule has 0 aliphatic heterocycles. The number of fused-ring (bicyclic) bond motifs is 2. The van der Waals surface area contributed by atoms with E-state index in [1.807, 2.05) is 30.3 Å². The number of hydrogen-bond acceptors (Lipinski definition) is 5. The van der Waals surface area contributed by atoms with E-state index in [0.29, 0.717) is 24.3 Å². The lowest BCUT2D eigenvalue weighted by Gasteiger charge is -2.13. The fraction of sp³-hybridized carbons (Fsp3) is 0.0800. The molecule has 0 atom stereocenters. The highest BCUT2D eigenvalue weighted by atomic mass is 32.2. The number of aryl methyl sites for hydroxylation is 2. The second kappa shape index (κ2) is 8.35. The molecule has 3 heterocycles. The summed E-state index contributed by atoms with van der Waals surface area (Å²) in [6.45, 7) is 0.300. The van der Waals surface area contributed by atoms with Crippen LogP contribution in [0.15, 0.2) is 99.6 Å². The molecule has 0 saturated carbocycles. The van der Waals surface area contributed by atoms with E-state index >= 15 is 0 Å². The summed E-state index contributed by atoms with van der Waals surface area (Å²) in [5, 5.41) is 0.117. The van der Waals surface area contributed by atoms with E-state index in [0.717, 1.165) is 17.7 Å². The van der Waals surface area contributed by atoms with E-state index in [2.05, 4.69) is 4.98 Å². The normalized spacial score (nSPS) is 11.8. The molecule has 34 heavy (non-hydrogen) atoms. The van der Waals surface area contributed by atoms with E-state index in [9.17, 15) is 17.6 Å². The highest BCUT2D eigenvalue weighted by Gasteiger charge is 2.29. The Hall–Kier alpha value is -4.11. The molecule has 0 radical (unpaired) electrons. The molecule has 0 aliphatic carbocycles. The maximum Gasteiger partial charge on any atom is 0.278 e. The number of benzene rings is 2. The van der Waals surface area contributed by atoms with Crippen molar-refractivity contribution in [3.05, 3.63) is 107 Å². The highest BCUT2D eigenvalue weighted by Crippen LogP contribution is 2.26. The third-order valence-corrected chi connectivity index (χ3v) is 7.50. The van der Waals surface area contributed by atoms with Crippen molar-refractivity contribution in [1.29, 1.82) is 0 Å². The van der Waals surface area contributed by atoms with Crippen LogP contribution in [0, 0.1) is 5.82 Å². The van der Waals surface area contributed by atoms with E-state index in [1.54, 1.807) is 29.0 Å². The zero-order chi connectivity index (χ0) is 23.9. The van der Waals surface area contributed by atoms with Gasteiger partial charge in [0.25, 0.3) is 11.2 Å². The lowest BCUT2D eigenvalue weighted by Crippen LogP contribution is -2.42. The SMILES string of the molecule is Nc1c(S(=O)(=O)c2ccc(F)cc2)cc2c(=O)n3ccccc3nc2[n+]1CCc1ccccc1. The minimum atomic E-state index is -4.14. The number of hydrogen-bond donors (Lipinski definition) is 1. The molecule has 2 N–H and O–H groups in total. The van der Waals surface area contributed by atoms with Crippen LogP contribution in [0.2, 0.25) is 0 Å². The van der Waals surface area contributed by atoms with E-state index < -0.39 is 21.2 Å². The molecular formula is C25H20FN4O3S+. The fourth-order valence-electron chi connectivity index (χ4n) is 3.94. The second-order valence-electron chi connectivity index (χ2n) is 7.82. The summed E-state index contributed by atoms with van der Waals surface area (Å²) in [6.07, 6.45) is 2.11. The van der Waals surface area contributed by atoms with E-state index in [1.165, 1.54) is 22.6 Å². The minimum absolute atomic E-state index is 0.0417. The van der Waals surface area contributed by atoms with Crippen LogP contribution in [0.1, 0.15) is 5.56 Å². The number of nitrogens with zero attached hydrogens (tertiary/aromatic N) is 3. The molecule has 0 aliphatic rings. The van der Waals surface area contributed by atoms with Crippen molar-refractivity contribution in [3.8, 4) is 0 Å². The molecule has 0 bridgehead atoms. The average molecular weight is 476 g/mol. The van der Waals surface area contributed by atoms with Gasteiger partial charge in [-0.15, -0.1) is 0 Å². The van der Waals surface area contributed by atoms with Crippen LogP contribution in [0.25, 0.3) is 16.7 Å². The fourth-order valence-corrected chi connectivity index (χ4v) is 5.35. The molecule has 5 rings (SSSR count). The summed E-state index contributed by atoms with van der Waals surface area (Å²) in [6, 6.07) is 20.5. The average Bonchev–Trinajstić information content (AvgIpc) is 2.84. The van der Waals surface area contributed by atoms with Gasteiger partial charge in [-0.2, -0.15) is 0 Å². The van der Waals surface area contributed by atoms with Crippen LogP contribution in [-0.4, -0.2) is 17.8 Å². The van der Waals surface area contributed by atoms with E-state index in [4.69, 9.17) is 5.73 Å². The van der Waals surface area contributed by atoms with Crippen molar-refractivity contribution in [1.82, 2.24) is 9.38 Å². The molecule has 2 aromatic carbocycles. The topological polar surface area (TPSA) is 98.4 Å². The summed E-state index contributed by atoms with van der Waals surface area (Å²) in [5.74, 6) is -0.600. The predicted octanol–water partition coefficient (Wildman–Crippen LogP) is 2.93. The molecule has 0 amide bonds. The van der Waals surface area contributed by atoms with Crippen LogP contribution in [0.5, 0.6) is 0 Å². The molecule has 170 valence electrons. The van der Waals surface area contributed by atoms with Gasteiger partial charge < -0.3 is 5.73 Å². The van der Waals surface area contributed by atoms with Crippen molar-refractivity contribution in [2.75, 3.05) is 5.73 Å². The number of anilines is 1. The van der Waals surface area contributed by atoms with Gasteiger partial charge in [0.1, 0.15) is 16.1 Å². The van der Waals surface area contributed by atoms with Gasteiger partial charge in [0, 0.05) is 12.6 Å². The molecule has 7 nitrogen and oxygen atoms in total. The quantitative estimate of drug-likeness (QED) is 0.239. The van der Waals surface area contributed by atoms with Crippen molar-refractivity contribution in [2.24, 2.45) is 0 Å². The lowest BCUT2D eigenvalue weighted by atomic mass is 10.1. The zero-order valence-corrected chi connectivity index (χ0v) is 18.7. The predicted molar refractivity (Wildman–Crippen MR) is 126 cm³/mol. The monoisotopic (exact) mass is 475 g/mol. The van der Waals surface area contributed by atoms with Crippen LogP contribution in [0.4, 0.5) is 10.2 Å². The number of rotatable bonds is 5. The molecule has 3 aromatic heterocycles. The van der Waals surface area contributed by atoms with Gasteiger partial charge in [-0.05, 0) is 48.0 Å². The van der Waals surface area contributed by atoms with Crippen LogP contribution >= 0.6 is 0 Å². The molecule has 0 unspecified atom stereocenters. The molecule has 9 heteroatoms. The Morgan fingerprint density at radius 3 is 2.41 bits per heavy atom. The van der Waals surface area contributed by atoms with Crippen LogP contribution < -0.4 is 15.9 Å². The van der Waals surface area contributed by atoms with Crippen molar-refractivity contribution >= 4 is 32.3 Å². The van der Waals surface area contributed by atoms with Gasteiger partial charge in [0.05, 0.1) is 11.4 Å². The Balaban J connectivity index is 1.78. The Morgan fingerprint density at radius 2 is 1.68 bits per heavy atom. The Labute approximate surface area is 194 Å². The Bertz CT molecular complexity index is 1700. The van der Waals surface area contributed by atoms with Gasteiger partial charge in [0.2, 0.25) is 21.3 Å². The van der Waals surface area contributed by atoms with Gasteiger partial charge in [-0.3, -0.25) is 9.20 Å². The molecule has 0 spiro atoms.